The van der Waals surface area contributed by atoms with Crippen molar-refractivity contribution in [2.24, 2.45) is 0 Å². The van der Waals surface area contributed by atoms with Crippen LogP contribution < -0.4 is 21.9 Å². The van der Waals surface area contributed by atoms with Gasteiger partial charge in [-0.15, -0.1) is 0 Å². The minimum Gasteiger partial charge on any atom is -1.00 e. The highest BCUT2D eigenvalue weighted by atomic mass is 79.9. The van der Waals surface area contributed by atoms with Crippen molar-refractivity contribution in [1.82, 2.24) is 0 Å². The molecule has 0 amide bonds. The van der Waals surface area contributed by atoms with E-state index < -0.39 is 0 Å². The summed E-state index contributed by atoms with van der Waals surface area (Å²) in [5.74, 6) is 0. The Hall–Kier alpha value is -2.17. The van der Waals surface area contributed by atoms with Crippen molar-refractivity contribution >= 4 is 17.1 Å². The summed E-state index contributed by atoms with van der Waals surface area (Å²) in [6.45, 7) is 11.6. The smallest absolute Gasteiger partial charge is 0.209 e. The van der Waals surface area contributed by atoms with Gasteiger partial charge < -0.3 is 26.4 Å². The van der Waals surface area contributed by atoms with Crippen LogP contribution in [-0.4, -0.2) is 56.1 Å². The van der Waals surface area contributed by atoms with Crippen molar-refractivity contribution in [3.05, 3.63) is 83.6 Å². The number of quaternary nitrogens is 1. The van der Waals surface area contributed by atoms with Crippen LogP contribution in [0.1, 0.15) is 45.2 Å². The molecule has 0 atom stereocenters. The topological polar surface area (TPSA) is 6.25 Å². The largest absolute Gasteiger partial charge is 1.00 e. The number of para-hydroxylation sites is 2. The van der Waals surface area contributed by atoms with E-state index >= 15 is 0 Å². The monoisotopic (exact) mass is 522 g/mol. The standard InChI is InChI=1S/C30H41N3.BrH/c1-29(2)23-15-9-11-17-25(23)31(5)27(29)19-13-20-28-30(3,4)24-16-10-12-18-26(24)32(28)21-14-22-33(6,7)8;/h9-13,15-20H,14,21-22H2,1-8H3;1H/q+2;/p-1. The normalized spacial score (nSPS) is 19.5. The Morgan fingerprint density at radius 3 is 2.15 bits per heavy atom. The first-order chi connectivity index (χ1) is 15.4. The van der Waals surface area contributed by atoms with E-state index in [0.717, 1.165) is 24.0 Å². The summed E-state index contributed by atoms with van der Waals surface area (Å²) in [6, 6.07) is 17.7. The second-order valence-electron chi connectivity index (χ2n) is 11.7. The highest BCUT2D eigenvalue weighted by Gasteiger charge is 2.43. The average molecular weight is 524 g/mol. The van der Waals surface area contributed by atoms with Crippen LogP contribution in [0.4, 0.5) is 11.4 Å². The fraction of sp³-hybridized carbons (Fsp3) is 0.433. The van der Waals surface area contributed by atoms with Gasteiger partial charge in [0.1, 0.15) is 7.05 Å². The van der Waals surface area contributed by atoms with Gasteiger partial charge in [0.25, 0.3) is 0 Å². The van der Waals surface area contributed by atoms with Crippen LogP contribution in [0, 0.1) is 0 Å². The summed E-state index contributed by atoms with van der Waals surface area (Å²) in [6.07, 6.45) is 8.11. The molecule has 4 heteroatoms. The van der Waals surface area contributed by atoms with Gasteiger partial charge >= 0.3 is 0 Å². The molecule has 4 rings (SSSR count). The maximum absolute atomic E-state index is 2.55. The minimum atomic E-state index is -0.0117. The highest BCUT2D eigenvalue weighted by Crippen LogP contribution is 2.47. The number of halogens is 1. The number of fused-ring (bicyclic) bond motifs is 2. The van der Waals surface area contributed by atoms with Crippen molar-refractivity contribution in [2.75, 3.05) is 46.2 Å². The molecule has 0 bridgehead atoms. The van der Waals surface area contributed by atoms with E-state index in [1.54, 1.807) is 0 Å². The Balaban J connectivity index is 0.00000324. The molecule has 0 radical (unpaired) electrons. The summed E-state index contributed by atoms with van der Waals surface area (Å²) in [5.41, 5.74) is 8.21. The first-order valence-electron chi connectivity index (χ1n) is 12.2. The molecule has 2 aromatic carbocycles. The second kappa shape index (κ2) is 9.47. The molecule has 2 aliphatic heterocycles. The molecule has 0 aromatic heterocycles. The molecule has 3 nitrogen and oxygen atoms in total. The minimum absolute atomic E-state index is 0. The lowest BCUT2D eigenvalue weighted by Crippen LogP contribution is -3.00. The van der Waals surface area contributed by atoms with Crippen LogP contribution in [0.25, 0.3) is 0 Å². The fourth-order valence-corrected chi connectivity index (χ4v) is 5.62. The van der Waals surface area contributed by atoms with Crippen molar-refractivity contribution in [1.29, 1.82) is 0 Å². The molecule has 0 saturated heterocycles. The highest BCUT2D eigenvalue weighted by molar-refractivity contribution is 6.03. The quantitative estimate of drug-likeness (QED) is 0.417. The summed E-state index contributed by atoms with van der Waals surface area (Å²) < 4.78 is 3.34. The summed E-state index contributed by atoms with van der Waals surface area (Å²) >= 11 is 0. The van der Waals surface area contributed by atoms with Crippen LogP contribution in [0.15, 0.2) is 72.5 Å². The number of rotatable bonds is 6. The van der Waals surface area contributed by atoms with Gasteiger partial charge in [0.15, 0.2) is 5.71 Å². The van der Waals surface area contributed by atoms with Crippen LogP contribution in [0.2, 0.25) is 0 Å². The van der Waals surface area contributed by atoms with Crippen molar-refractivity contribution in [3.8, 4) is 0 Å². The molecule has 0 saturated carbocycles. The van der Waals surface area contributed by atoms with E-state index in [1.807, 2.05) is 0 Å². The number of hydrogen-bond acceptors (Lipinski definition) is 1. The molecular weight excluding hydrogens is 482 g/mol. The van der Waals surface area contributed by atoms with Crippen molar-refractivity contribution in [2.45, 2.75) is 44.9 Å². The first kappa shape index (κ1) is 26.4. The van der Waals surface area contributed by atoms with Gasteiger partial charge in [-0.1, -0.05) is 56.3 Å². The average Bonchev–Trinajstić information content (AvgIpc) is 3.08. The van der Waals surface area contributed by atoms with Crippen LogP contribution in [-0.2, 0) is 10.8 Å². The van der Waals surface area contributed by atoms with Gasteiger partial charge in [-0.05, 0) is 31.6 Å². The Bertz CT molecular complexity index is 1150. The van der Waals surface area contributed by atoms with E-state index in [-0.39, 0.29) is 27.8 Å². The molecule has 0 unspecified atom stereocenters. The number of anilines is 1. The SMILES string of the molecule is C[N+]1=C(C=CC=C2N(CCC[N+](C)(C)C)c3ccccc3C2(C)C)C(C)(C)c2ccccc21.[Br-]. The maximum Gasteiger partial charge on any atom is 0.209 e. The molecule has 0 N–H and O–H groups in total. The van der Waals surface area contributed by atoms with Crippen LogP contribution >= 0.6 is 0 Å². The van der Waals surface area contributed by atoms with E-state index in [2.05, 4.69) is 132 Å². The van der Waals surface area contributed by atoms with E-state index in [0.29, 0.717) is 0 Å². The third kappa shape index (κ3) is 4.67. The Kier molecular flexibility index (Phi) is 7.36. The summed E-state index contributed by atoms with van der Waals surface area (Å²) in [7, 11) is 9.01. The van der Waals surface area contributed by atoms with Gasteiger partial charge in [0.2, 0.25) is 5.69 Å². The Morgan fingerprint density at radius 1 is 0.882 bits per heavy atom. The van der Waals surface area contributed by atoms with Crippen LogP contribution in [0.5, 0.6) is 0 Å². The zero-order valence-electron chi connectivity index (χ0n) is 22.2. The van der Waals surface area contributed by atoms with Crippen LogP contribution in [0.3, 0.4) is 0 Å². The Labute approximate surface area is 217 Å². The molecule has 0 fully saturated rings. The Morgan fingerprint density at radius 2 is 1.50 bits per heavy atom. The number of hydrogen-bond donors (Lipinski definition) is 0. The number of benzene rings is 2. The molecule has 0 aliphatic carbocycles. The van der Waals surface area contributed by atoms with Gasteiger partial charge in [-0.2, -0.15) is 4.58 Å². The van der Waals surface area contributed by atoms with E-state index in [1.165, 1.54) is 33.9 Å². The molecule has 0 spiro atoms. The fourth-order valence-electron chi connectivity index (χ4n) is 5.62. The predicted octanol–water partition coefficient (Wildman–Crippen LogP) is 3.03. The molecule has 2 heterocycles. The van der Waals surface area contributed by atoms with Gasteiger partial charge in [-0.3, -0.25) is 0 Å². The zero-order chi connectivity index (χ0) is 24.0. The zero-order valence-corrected chi connectivity index (χ0v) is 23.8. The summed E-state index contributed by atoms with van der Waals surface area (Å²) in [5, 5.41) is 0. The number of nitrogens with zero attached hydrogens (tertiary/aromatic N) is 3. The van der Waals surface area contributed by atoms with Gasteiger partial charge in [0.05, 0.1) is 33.1 Å². The van der Waals surface area contributed by atoms with Gasteiger partial charge in [-0.25, -0.2) is 0 Å². The predicted molar refractivity (Wildman–Crippen MR) is 142 cm³/mol. The van der Waals surface area contributed by atoms with Crippen molar-refractivity contribution in [3.63, 3.8) is 0 Å². The van der Waals surface area contributed by atoms with Gasteiger partial charge in [0, 0.05) is 47.5 Å². The second-order valence-corrected chi connectivity index (χ2v) is 11.7. The van der Waals surface area contributed by atoms with Crippen molar-refractivity contribution < 1.29 is 26.0 Å². The molecular formula is C30H41BrN3+. The third-order valence-corrected chi connectivity index (χ3v) is 7.46. The lowest BCUT2D eigenvalue weighted by Gasteiger charge is -2.29. The molecule has 2 aromatic rings. The number of allylic oxidation sites excluding steroid dienone is 4. The molecule has 34 heavy (non-hydrogen) atoms. The summed E-state index contributed by atoms with van der Waals surface area (Å²) in [4.78, 5) is 2.55. The first-order valence-corrected chi connectivity index (χ1v) is 12.2. The maximum atomic E-state index is 2.55. The lowest BCUT2D eigenvalue weighted by atomic mass is 9.81. The third-order valence-electron chi connectivity index (χ3n) is 7.46. The molecule has 182 valence electrons. The lowest BCUT2D eigenvalue weighted by molar-refractivity contribution is -0.870. The van der Waals surface area contributed by atoms with E-state index in [9.17, 15) is 0 Å². The molecule has 2 aliphatic rings. The van der Waals surface area contributed by atoms with E-state index in [4.69, 9.17) is 0 Å².